The third-order valence-corrected chi connectivity index (χ3v) is 4.51. The molecule has 0 spiro atoms. The van der Waals surface area contributed by atoms with E-state index in [-0.39, 0.29) is 23.1 Å². The quantitative estimate of drug-likeness (QED) is 0.514. The third kappa shape index (κ3) is 6.59. The van der Waals surface area contributed by atoms with Crippen LogP contribution in [-0.4, -0.2) is 54.1 Å². The number of carbonyl (C=O) groups is 2. The molecule has 2 amide bonds. The Hall–Kier alpha value is -2.33. The first-order valence-electron chi connectivity index (χ1n) is 7.59. The van der Waals surface area contributed by atoms with Crippen molar-refractivity contribution in [2.24, 2.45) is 0 Å². The highest BCUT2D eigenvalue weighted by molar-refractivity contribution is 7.89. The van der Waals surface area contributed by atoms with Gasteiger partial charge in [-0.05, 0) is 18.6 Å². The maximum absolute atomic E-state index is 12.2. The second kappa shape index (κ2) is 9.84. The summed E-state index contributed by atoms with van der Waals surface area (Å²) < 4.78 is 36.7. The van der Waals surface area contributed by atoms with E-state index in [0.717, 1.165) is 6.42 Å². The van der Waals surface area contributed by atoms with E-state index in [1.54, 1.807) is 0 Å². The lowest BCUT2D eigenvalue weighted by Crippen LogP contribution is -2.42. The summed E-state index contributed by atoms with van der Waals surface area (Å²) in [5.74, 6) is -0.312. The Morgan fingerprint density at radius 2 is 1.64 bits per heavy atom. The lowest BCUT2D eigenvalue weighted by atomic mass is 10.3. The zero-order valence-electron chi connectivity index (χ0n) is 14.4. The molecule has 0 aromatic heterocycles. The van der Waals surface area contributed by atoms with Gasteiger partial charge in [-0.25, -0.2) is 13.1 Å². The van der Waals surface area contributed by atoms with Crippen molar-refractivity contribution in [3.05, 3.63) is 18.2 Å². The molecule has 3 N–H and O–H groups in total. The molecule has 1 aromatic carbocycles. The Balaban J connectivity index is 2.61. The van der Waals surface area contributed by atoms with Gasteiger partial charge in [0, 0.05) is 12.6 Å². The lowest BCUT2D eigenvalue weighted by molar-refractivity contribution is -0.125. The Kier molecular flexibility index (Phi) is 8.16. The molecule has 9 nitrogen and oxygen atoms in total. The van der Waals surface area contributed by atoms with Gasteiger partial charge in [-0.3, -0.25) is 9.59 Å². The van der Waals surface area contributed by atoms with Crippen LogP contribution in [0.1, 0.15) is 13.3 Å². The van der Waals surface area contributed by atoms with Crippen molar-refractivity contribution in [1.29, 1.82) is 0 Å². The van der Waals surface area contributed by atoms with E-state index in [1.165, 1.54) is 32.4 Å². The fraction of sp³-hybridized carbons (Fsp3) is 0.467. The number of hydrogen-bond donors (Lipinski definition) is 3. The molecular weight excluding hydrogens is 350 g/mol. The molecule has 0 saturated carbocycles. The zero-order valence-corrected chi connectivity index (χ0v) is 15.2. The average Bonchev–Trinajstić information content (AvgIpc) is 2.62. The van der Waals surface area contributed by atoms with Crippen LogP contribution in [0.25, 0.3) is 0 Å². The molecule has 0 heterocycles. The van der Waals surface area contributed by atoms with Crippen LogP contribution in [0.4, 0.5) is 0 Å². The molecule has 0 radical (unpaired) electrons. The Labute approximate surface area is 147 Å². The summed E-state index contributed by atoms with van der Waals surface area (Å²) in [5.41, 5.74) is 0. The van der Waals surface area contributed by atoms with E-state index in [9.17, 15) is 18.0 Å². The molecule has 0 aliphatic rings. The summed E-state index contributed by atoms with van der Waals surface area (Å²) in [6.45, 7) is 1.72. The minimum Gasteiger partial charge on any atom is -0.493 e. The molecule has 10 heteroatoms. The van der Waals surface area contributed by atoms with E-state index in [1.807, 2.05) is 6.92 Å². The molecule has 0 aliphatic carbocycles. The fourth-order valence-electron chi connectivity index (χ4n) is 1.80. The van der Waals surface area contributed by atoms with Crippen LogP contribution in [0, 0.1) is 0 Å². The number of rotatable bonds is 10. The van der Waals surface area contributed by atoms with Crippen LogP contribution in [0.2, 0.25) is 0 Å². The molecule has 0 fully saturated rings. The van der Waals surface area contributed by atoms with Crippen LogP contribution >= 0.6 is 0 Å². The maximum Gasteiger partial charge on any atom is 0.241 e. The molecule has 0 atom stereocenters. The van der Waals surface area contributed by atoms with Crippen molar-refractivity contribution < 1.29 is 27.5 Å². The fourth-order valence-corrected chi connectivity index (χ4v) is 2.79. The molecule has 1 rings (SSSR count). The van der Waals surface area contributed by atoms with Gasteiger partial charge in [0.25, 0.3) is 0 Å². The van der Waals surface area contributed by atoms with Crippen molar-refractivity contribution in [3.63, 3.8) is 0 Å². The third-order valence-electron chi connectivity index (χ3n) is 3.11. The van der Waals surface area contributed by atoms with Gasteiger partial charge in [0.15, 0.2) is 11.5 Å². The normalized spacial score (nSPS) is 10.8. The van der Waals surface area contributed by atoms with E-state index >= 15 is 0 Å². The number of amides is 2. The van der Waals surface area contributed by atoms with Gasteiger partial charge in [0.1, 0.15) is 0 Å². The van der Waals surface area contributed by atoms with Crippen LogP contribution < -0.4 is 24.8 Å². The number of nitrogens with one attached hydrogen (secondary N) is 3. The second-order valence-electron chi connectivity index (χ2n) is 4.97. The van der Waals surface area contributed by atoms with E-state index in [2.05, 4.69) is 15.4 Å². The number of sulfonamides is 1. The predicted molar refractivity (Wildman–Crippen MR) is 91.0 cm³/mol. The first-order valence-corrected chi connectivity index (χ1v) is 9.07. The largest absolute Gasteiger partial charge is 0.493 e. The van der Waals surface area contributed by atoms with E-state index in [4.69, 9.17) is 9.47 Å². The first-order chi connectivity index (χ1) is 11.8. The smallest absolute Gasteiger partial charge is 0.241 e. The molecule has 0 saturated heterocycles. The zero-order chi connectivity index (χ0) is 18.9. The van der Waals surface area contributed by atoms with Crippen molar-refractivity contribution in [1.82, 2.24) is 15.4 Å². The number of hydrogen-bond acceptors (Lipinski definition) is 6. The van der Waals surface area contributed by atoms with E-state index < -0.39 is 22.5 Å². The predicted octanol–water partition coefficient (Wildman–Crippen LogP) is -0.375. The summed E-state index contributed by atoms with van der Waals surface area (Å²) in [5, 5.41) is 4.92. The molecule has 0 aliphatic heterocycles. The van der Waals surface area contributed by atoms with Crippen LogP contribution in [0.3, 0.4) is 0 Å². The maximum atomic E-state index is 12.2. The SMILES string of the molecule is CCCNC(=O)CNC(=O)CNS(=O)(=O)c1ccc(OC)c(OC)c1. The summed E-state index contributed by atoms with van der Waals surface area (Å²) in [4.78, 5) is 23.0. The molecule has 140 valence electrons. The summed E-state index contributed by atoms with van der Waals surface area (Å²) >= 11 is 0. The Bertz CT molecular complexity index is 705. The number of methoxy groups -OCH3 is 2. The summed E-state index contributed by atoms with van der Waals surface area (Å²) in [7, 11) is -1.09. The monoisotopic (exact) mass is 373 g/mol. The van der Waals surface area contributed by atoms with Gasteiger partial charge in [-0.2, -0.15) is 0 Å². The number of benzene rings is 1. The highest BCUT2D eigenvalue weighted by Crippen LogP contribution is 2.29. The van der Waals surface area contributed by atoms with Crippen molar-refractivity contribution >= 4 is 21.8 Å². The number of ether oxygens (including phenoxy) is 2. The minimum absolute atomic E-state index is 0.0707. The van der Waals surface area contributed by atoms with Gasteiger partial charge in [-0.1, -0.05) is 6.92 Å². The minimum atomic E-state index is -3.91. The van der Waals surface area contributed by atoms with Crippen molar-refractivity contribution in [2.75, 3.05) is 33.9 Å². The Morgan fingerprint density at radius 1 is 1.00 bits per heavy atom. The summed E-state index contributed by atoms with van der Waals surface area (Å²) in [6.07, 6.45) is 0.783. The molecule has 0 unspecified atom stereocenters. The van der Waals surface area contributed by atoms with Crippen LogP contribution in [0.5, 0.6) is 11.5 Å². The first kappa shape index (κ1) is 20.7. The molecule has 0 bridgehead atoms. The highest BCUT2D eigenvalue weighted by atomic mass is 32.2. The van der Waals surface area contributed by atoms with Crippen LogP contribution in [0.15, 0.2) is 23.1 Å². The topological polar surface area (TPSA) is 123 Å². The standard InChI is InChI=1S/C15H23N3O6S/c1-4-7-16-14(19)9-17-15(20)10-18-25(21,22)11-5-6-12(23-2)13(8-11)24-3/h5-6,8,18H,4,7,9-10H2,1-3H3,(H,16,19)(H,17,20). The molecular formula is C15H23N3O6S. The molecule has 25 heavy (non-hydrogen) atoms. The number of carbonyl (C=O) groups excluding carboxylic acids is 2. The Morgan fingerprint density at radius 3 is 2.24 bits per heavy atom. The van der Waals surface area contributed by atoms with Crippen molar-refractivity contribution in [2.45, 2.75) is 18.2 Å². The lowest BCUT2D eigenvalue weighted by Gasteiger charge is -2.11. The van der Waals surface area contributed by atoms with Gasteiger partial charge in [-0.15, -0.1) is 0 Å². The highest BCUT2D eigenvalue weighted by Gasteiger charge is 2.18. The second-order valence-corrected chi connectivity index (χ2v) is 6.73. The summed E-state index contributed by atoms with van der Waals surface area (Å²) in [6, 6.07) is 4.07. The van der Waals surface area contributed by atoms with Gasteiger partial charge in [0.05, 0.1) is 32.2 Å². The molecule has 1 aromatic rings. The average molecular weight is 373 g/mol. The van der Waals surface area contributed by atoms with E-state index in [0.29, 0.717) is 12.3 Å². The van der Waals surface area contributed by atoms with Crippen LogP contribution in [-0.2, 0) is 19.6 Å². The van der Waals surface area contributed by atoms with Gasteiger partial charge in [0.2, 0.25) is 21.8 Å². The van der Waals surface area contributed by atoms with Gasteiger partial charge < -0.3 is 20.1 Å². The van der Waals surface area contributed by atoms with Crippen molar-refractivity contribution in [3.8, 4) is 11.5 Å². The van der Waals surface area contributed by atoms with Gasteiger partial charge >= 0.3 is 0 Å².